The van der Waals surface area contributed by atoms with Crippen molar-refractivity contribution in [3.63, 3.8) is 0 Å². The number of anilines is 1. The Labute approximate surface area is 281 Å². The molecular weight excluding hydrogens is 630 g/mol. The number of pyridine rings is 1. The monoisotopic (exact) mass is 666 g/mol. The zero-order valence-electron chi connectivity index (χ0n) is 27.1. The van der Waals surface area contributed by atoms with Gasteiger partial charge in [0.05, 0.1) is 31.6 Å². The second kappa shape index (κ2) is 13.9. The molecule has 252 valence electrons. The summed E-state index contributed by atoms with van der Waals surface area (Å²) in [6, 6.07) is 14.0. The number of aryl methyl sites for hydroxylation is 1. The van der Waals surface area contributed by atoms with E-state index in [4.69, 9.17) is 4.74 Å². The minimum Gasteiger partial charge on any atom is -0.496 e. The maximum absolute atomic E-state index is 16.7. The standard InChI is InChI=1S/C36H36F2N8O3/c1-49-31-8-3-2-7-26(31)28-20-27(24-6-4-13-45(23-24)33(47)11-16-46-17-12-40-42-46)34(38)35-29(28)21-30(41-35)36(48)44-15-5-14-43(18-19-44)32-10-9-25(37)22-39-32/h2-3,6-10,12,17,20-22,41H,4-5,11,13-16,18-19,23H2,1H3. The third-order valence-electron chi connectivity index (χ3n) is 9.18. The van der Waals surface area contributed by atoms with Gasteiger partial charge in [0.2, 0.25) is 5.91 Å². The minimum absolute atomic E-state index is 0.0495. The first kappa shape index (κ1) is 32.0. The molecule has 1 fully saturated rings. The second-order valence-electron chi connectivity index (χ2n) is 12.2. The van der Waals surface area contributed by atoms with Gasteiger partial charge in [0.25, 0.3) is 5.91 Å². The Balaban J connectivity index is 1.20. The van der Waals surface area contributed by atoms with Gasteiger partial charge in [-0.05, 0) is 54.3 Å². The summed E-state index contributed by atoms with van der Waals surface area (Å²) in [5, 5.41) is 8.28. The number of para-hydroxylation sites is 1. The minimum atomic E-state index is -0.486. The number of fused-ring (bicyclic) bond motifs is 1. The molecule has 13 heteroatoms. The van der Waals surface area contributed by atoms with Crippen molar-refractivity contribution in [1.82, 2.24) is 34.8 Å². The molecule has 5 heterocycles. The molecule has 1 saturated heterocycles. The molecule has 2 aliphatic heterocycles. The van der Waals surface area contributed by atoms with Crippen molar-refractivity contribution in [3.8, 4) is 16.9 Å². The fourth-order valence-electron chi connectivity index (χ4n) is 6.65. The summed E-state index contributed by atoms with van der Waals surface area (Å²) in [6.45, 7) is 3.32. The predicted octanol–water partition coefficient (Wildman–Crippen LogP) is 5.17. The lowest BCUT2D eigenvalue weighted by molar-refractivity contribution is -0.131. The van der Waals surface area contributed by atoms with Crippen LogP contribution in [0.25, 0.3) is 27.6 Å². The number of amides is 2. The van der Waals surface area contributed by atoms with E-state index in [9.17, 15) is 14.0 Å². The van der Waals surface area contributed by atoms with Crippen molar-refractivity contribution in [2.24, 2.45) is 0 Å². The van der Waals surface area contributed by atoms with Gasteiger partial charge in [0.1, 0.15) is 23.1 Å². The van der Waals surface area contributed by atoms with Gasteiger partial charge >= 0.3 is 0 Å². The summed E-state index contributed by atoms with van der Waals surface area (Å²) in [7, 11) is 1.59. The number of carbonyl (C=O) groups is 2. The van der Waals surface area contributed by atoms with Crippen LogP contribution in [0, 0.1) is 11.6 Å². The Morgan fingerprint density at radius 1 is 0.959 bits per heavy atom. The van der Waals surface area contributed by atoms with Gasteiger partial charge in [0, 0.05) is 68.4 Å². The zero-order chi connectivity index (χ0) is 33.9. The number of methoxy groups -OCH3 is 1. The largest absolute Gasteiger partial charge is 0.496 e. The van der Waals surface area contributed by atoms with Gasteiger partial charge in [-0.3, -0.25) is 14.3 Å². The molecule has 0 bridgehead atoms. The highest BCUT2D eigenvalue weighted by Crippen LogP contribution is 2.40. The lowest BCUT2D eigenvalue weighted by Crippen LogP contribution is -2.36. The molecule has 2 amide bonds. The van der Waals surface area contributed by atoms with E-state index in [0.717, 1.165) is 5.56 Å². The number of hydrogen-bond acceptors (Lipinski definition) is 7. The molecule has 3 aromatic heterocycles. The maximum Gasteiger partial charge on any atom is 0.270 e. The van der Waals surface area contributed by atoms with Crippen LogP contribution < -0.4 is 9.64 Å². The molecule has 0 radical (unpaired) electrons. The number of hydrogen-bond donors (Lipinski definition) is 1. The number of halogens is 2. The first-order valence-corrected chi connectivity index (χ1v) is 16.3. The van der Waals surface area contributed by atoms with Gasteiger partial charge < -0.3 is 24.4 Å². The highest BCUT2D eigenvalue weighted by molar-refractivity contribution is 6.05. The number of aromatic amines is 1. The van der Waals surface area contributed by atoms with E-state index in [2.05, 4.69) is 20.3 Å². The van der Waals surface area contributed by atoms with Crippen molar-refractivity contribution < 1.29 is 23.1 Å². The van der Waals surface area contributed by atoms with Crippen LogP contribution in [0.3, 0.4) is 0 Å². The highest BCUT2D eigenvalue weighted by Gasteiger charge is 2.27. The van der Waals surface area contributed by atoms with Crippen LogP contribution in [0.15, 0.2) is 73.2 Å². The van der Waals surface area contributed by atoms with Crippen molar-refractivity contribution in [2.45, 2.75) is 25.8 Å². The summed E-state index contributed by atoms with van der Waals surface area (Å²) < 4.78 is 37.4. The molecule has 49 heavy (non-hydrogen) atoms. The van der Waals surface area contributed by atoms with E-state index in [-0.39, 0.29) is 36.0 Å². The molecule has 0 saturated carbocycles. The number of benzene rings is 2. The molecule has 0 atom stereocenters. The van der Waals surface area contributed by atoms with E-state index < -0.39 is 11.6 Å². The predicted molar refractivity (Wildman–Crippen MR) is 181 cm³/mol. The van der Waals surface area contributed by atoms with E-state index in [1.54, 1.807) is 52.2 Å². The molecule has 1 N–H and O–H groups in total. The maximum atomic E-state index is 16.7. The van der Waals surface area contributed by atoms with E-state index >= 15 is 4.39 Å². The number of carbonyl (C=O) groups excluding carboxylic acids is 2. The van der Waals surface area contributed by atoms with Crippen LogP contribution in [-0.4, -0.2) is 93.0 Å². The summed E-state index contributed by atoms with van der Waals surface area (Å²) in [4.78, 5) is 40.0. The van der Waals surface area contributed by atoms with E-state index in [1.165, 1.54) is 12.3 Å². The smallest absolute Gasteiger partial charge is 0.270 e. The van der Waals surface area contributed by atoms with Gasteiger partial charge in [-0.25, -0.2) is 13.8 Å². The topological polar surface area (TPSA) is 112 Å². The van der Waals surface area contributed by atoms with Crippen molar-refractivity contribution in [1.29, 1.82) is 0 Å². The lowest BCUT2D eigenvalue weighted by atomic mass is 9.93. The molecule has 0 aliphatic carbocycles. The molecule has 0 unspecified atom stereocenters. The molecule has 11 nitrogen and oxygen atoms in total. The third-order valence-corrected chi connectivity index (χ3v) is 9.18. The number of ether oxygens (including phenoxy) is 1. The SMILES string of the molecule is COc1ccccc1-c1cc(C2=CCCN(C(=O)CCn3ccnn3)C2)c(F)c2[nH]c(C(=O)N3CCCN(c4ccc(F)cn4)CC3)cc12. The Bertz CT molecular complexity index is 2010. The fourth-order valence-corrected chi connectivity index (χ4v) is 6.65. The Morgan fingerprint density at radius 3 is 2.63 bits per heavy atom. The lowest BCUT2D eigenvalue weighted by Gasteiger charge is -2.28. The number of rotatable bonds is 8. The van der Waals surface area contributed by atoms with Gasteiger partial charge in [-0.15, -0.1) is 5.10 Å². The van der Waals surface area contributed by atoms with Crippen LogP contribution in [0.4, 0.5) is 14.6 Å². The summed E-state index contributed by atoms with van der Waals surface area (Å²) in [5.41, 5.74) is 3.01. The van der Waals surface area contributed by atoms with E-state index in [0.29, 0.717) is 85.8 Å². The normalized spacial score (nSPS) is 15.3. The van der Waals surface area contributed by atoms with Crippen molar-refractivity contribution in [3.05, 3.63) is 96.1 Å². The molecule has 2 aliphatic rings. The Hall–Kier alpha value is -5.59. The van der Waals surface area contributed by atoms with Crippen molar-refractivity contribution >= 4 is 34.1 Å². The Kier molecular flexibility index (Phi) is 9.05. The summed E-state index contributed by atoms with van der Waals surface area (Å²) >= 11 is 0. The average Bonchev–Trinajstić information content (AvgIpc) is 3.77. The van der Waals surface area contributed by atoms with Crippen LogP contribution in [0.1, 0.15) is 35.3 Å². The molecule has 2 aromatic carbocycles. The van der Waals surface area contributed by atoms with Crippen LogP contribution in [0.2, 0.25) is 0 Å². The van der Waals surface area contributed by atoms with Crippen LogP contribution >= 0.6 is 0 Å². The number of nitrogens with zero attached hydrogens (tertiary/aromatic N) is 7. The molecule has 7 rings (SSSR count). The molecular formula is C36H36F2N8O3. The van der Waals surface area contributed by atoms with Crippen molar-refractivity contribution in [2.75, 3.05) is 51.3 Å². The van der Waals surface area contributed by atoms with E-state index in [1.807, 2.05) is 35.2 Å². The molecule has 0 spiro atoms. The zero-order valence-corrected chi connectivity index (χ0v) is 27.1. The number of nitrogens with one attached hydrogen (secondary N) is 1. The quantitative estimate of drug-likeness (QED) is 0.243. The fraction of sp³-hybridized carbons (Fsp3) is 0.306. The highest BCUT2D eigenvalue weighted by atomic mass is 19.1. The number of aromatic nitrogens is 5. The number of H-pyrrole nitrogens is 1. The Morgan fingerprint density at radius 2 is 1.84 bits per heavy atom. The first-order valence-electron chi connectivity index (χ1n) is 16.3. The third kappa shape index (κ3) is 6.60. The second-order valence-corrected chi connectivity index (χ2v) is 12.2. The first-order chi connectivity index (χ1) is 23.9. The van der Waals surface area contributed by atoms with Gasteiger partial charge in [0.15, 0.2) is 5.82 Å². The van der Waals surface area contributed by atoms with Crippen LogP contribution in [-0.2, 0) is 11.3 Å². The average molecular weight is 667 g/mol. The van der Waals surface area contributed by atoms with Gasteiger partial charge in [-0.1, -0.05) is 29.5 Å². The van der Waals surface area contributed by atoms with Gasteiger partial charge in [-0.2, -0.15) is 0 Å². The summed E-state index contributed by atoms with van der Waals surface area (Å²) in [6.07, 6.45) is 7.97. The molecule has 5 aromatic rings. The van der Waals surface area contributed by atoms with Crippen LogP contribution in [0.5, 0.6) is 5.75 Å². The summed E-state index contributed by atoms with van der Waals surface area (Å²) in [5.74, 6) is 0.0942.